The molecule has 0 heterocycles. The molecule has 2 aromatic rings. The fourth-order valence-electron chi connectivity index (χ4n) is 1.83. The minimum absolute atomic E-state index is 0.515. The van der Waals surface area contributed by atoms with E-state index in [1.807, 2.05) is 24.3 Å². The number of halogens is 3. The Morgan fingerprint density at radius 3 is 2.35 bits per heavy atom. The quantitative estimate of drug-likeness (QED) is 0.442. The maximum absolute atomic E-state index is 12.5. The van der Waals surface area contributed by atoms with E-state index in [0.29, 0.717) is 12.1 Å². The van der Waals surface area contributed by atoms with Crippen molar-refractivity contribution >= 4 is 6.21 Å². The van der Waals surface area contributed by atoms with Crippen molar-refractivity contribution in [3.63, 3.8) is 0 Å². The number of nitrogens with zero attached hydrogens (tertiary/aromatic N) is 1. The van der Waals surface area contributed by atoms with Gasteiger partial charge in [-0.05, 0) is 30.3 Å². The summed E-state index contributed by atoms with van der Waals surface area (Å²) >= 11 is 0. The Balaban J connectivity index is 2.24. The number of benzene rings is 2. The van der Waals surface area contributed by atoms with Crippen LogP contribution in [0.2, 0.25) is 0 Å². The fraction of sp³-hybridized carbons (Fsp3) is 0.105. The number of rotatable bonds is 3. The zero-order valence-electron chi connectivity index (χ0n) is 12.3. The molecule has 0 N–H and O–H groups in total. The molecule has 0 aliphatic rings. The van der Waals surface area contributed by atoms with Crippen molar-refractivity contribution in [2.45, 2.75) is 6.18 Å². The predicted octanol–water partition coefficient (Wildman–Crippen LogP) is 4.71. The summed E-state index contributed by atoms with van der Waals surface area (Å²) in [6, 6.07) is 12.2. The van der Waals surface area contributed by atoms with E-state index in [1.165, 1.54) is 12.1 Å². The number of hydrogen-bond donors (Lipinski definition) is 0. The Bertz CT molecular complexity index is 760. The maximum atomic E-state index is 12.5. The van der Waals surface area contributed by atoms with Gasteiger partial charge in [-0.1, -0.05) is 36.1 Å². The van der Waals surface area contributed by atoms with E-state index in [0.717, 1.165) is 23.3 Å². The van der Waals surface area contributed by atoms with Gasteiger partial charge in [-0.3, -0.25) is 4.99 Å². The van der Waals surface area contributed by atoms with Gasteiger partial charge in [0.1, 0.15) is 0 Å². The van der Waals surface area contributed by atoms with Crippen LogP contribution < -0.4 is 0 Å². The summed E-state index contributed by atoms with van der Waals surface area (Å²) in [4.78, 5) is 4.18. The first-order valence-corrected chi connectivity index (χ1v) is 6.90. The lowest BCUT2D eigenvalue weighted by molar-refractivity contribution is -0.137. The Hall–Kier alpha value is -2.80. The van der Waals surface area contributed by atoms with Gasteiger partial charge in [0.2, 0.25) is 0 Å². The Morgan fingerprint density at radius 1 is 1.00 bits per heavy atom. The van der Waals surface area contributed by atoms with E-state index in [4.69, 9.17) is 0 Å². The SMILES string of the molecule is C=CCN=Cc1ccccc1C#Cc1ccc(C(F)(F)F)cc1. The maximum Gasteiger partial charge on any atom is 0.416 e. The van der Waals surface area contributed by atoms with E-state index in [9.17, 15) is 13.2 Å². The molecule has 0 bridgehead atoms. The Morgan fingerprint density at radius 2 is 1.70 bits per heavy atom. The molecule has 0 aliphatic heterocycles. The summed E-state index contributed by atoms with van der Waals surface area (Å²) in [5.74, 6) is 5.84. The van der Waals surface area contributed by atoms with Crippen LogP contribution >= 0.6 is 0 Å². The van der Waals surface area contributed by atoms with Crippen LogP contribution in [-0.4, -0.2) is 12.8 Å². The number of hydrogen-bond acceptors (Lipinski definition) is 1. The predicted molar refractivity (Wildman–Crippen MR) is 86.5 cm³/mol. The van der Waals surface area contributed by atoms with Gasteiger partial charge >= 0.3 is 6.18 Å². The normalized spacial score (nSPS) is 11.1. The number of alkyl halides is 3. The lowest BCUT2D eigenvalue weighted by atomic mass is 10.1. The molecule has 0 unspecified atom stereocenters. The molecule has 0 aromatic heterocycles. The second kappa shape index (κ2) is 7.46. The fourth-order valence-corrected chi connectivity index (χ4v) is 1.83. The van der Waals surface area contributed by atoms with Gasteiger partial charge in [0.25, 0.3) is 0 Å². The Labute approximate surface area is 133 Å². The highest BCUT2D eigenvalue weighted by molar-refractivity contribution is 5.83. The largest absolute Gasteiger partial charge is 0.416 e. The van der Waals surface area contributed by atoms with Gasteiger partial charge in [0, 0.05) is 22.9 Å². The van der Waals surface area contributed by atoms with Gasteiger partial charge in [-0.2, -0.15) is 13.2 Å². The van der Waals surface area contributed by atoms with Crippen LogP contribution in [0.3, 0.4) is 0 Å². The molecule has 2 aromatic carbocycles. The molecular formula is C19H14F3N. The van der Waals surface area contributed by atoms with Crippen LogP contribution in [0.25, 0.3) is 0 Å². The summed E-state index contributed by atoms with van der Waals surface area (Å²) < 4.78 is 37.5. The van der Waals surface area contributed by atoms with Gasteiger partial charge < -0.3 is 0 Å². The molecule has 0 fully saturated rings. The minimum Gasteiger partial charge on any atom is -0.288 e. The second-order valence-electron chi connectivity index (χ2n) is 4.70. The molecule has 4 heteroatoms. The zero-order chi connectivity index (χ0) is 16.7. The number of aliphatic imine (C=N–C) groups is 1. The van der Waals surface area contributed by atoms with E-state index in [2.05, 4.69) is 23.4 Å². The highest BCUT2D eigenvalue weighted by Crippen LogP contribution is 2.28. The third-order valence-electron chi connectivity index (χ3n) is 2.98. The van der Waals surface area contributed by atoms with Crippen LogP contribution in [0, 0.1) is 11.8 Å². The molecule has 2 rings (SSSR count). The van der Waals surface area contributed by atoms with Crippen molar-refractivity contribution in [3.8, 4) is 11.8 Å². The summed E-state index contributed by atoms with van der Waals surface area (Å²) in [5, 5.41) is 0. The third-order valence-corrected chi connectivity index (χ3v) is 2.98. The Kier molecular flexibility index (Phi) is 5.37. The second-order valence-corrected chi connectivity index (χ2v) is 4.70. The average molecular weight is 313 g/mol. The molecular weight excluding hydrogens is 299 g/mol. The molecule has 0 radical (unpaired) electrons. The van der Waals surface area contributed by atoms with Gasteiger partial charge in [0.15, 0.2) is 0 Å². The van der Waals surface area contributed by atoms with E-state index in [1.54, 1.807) is 12.3 Å². The summed E-state index contributed by atoms with van der Waals surface area (Å²) in [6.07, 6.45) is -0.939. The lowest BCUT2D eigenvalue weighted by Gasteiger charge is -2.05. The summed E-state index contributed by atoms with van der Waals surface area (Å²) in [5.41, 5.74) is 1.46. The van der Waals surface area contributed by atoms with Crippen LogP contribution in [0.4, 0.5) is 13.2 Å². The first-order valence-electron chi connectivity index (χ1n) is 6.90. The monoisotopic (exact) mass is 313 g/mol. The molecule has 0 aliphatic carbocycles. The highest BCUT2D eigenvalue weighted by atomic mass is 19.4. The summed E-state index contributed by atoms with van der Waals surface area (Å²) in [6.45, 7) is 4.11. The first kappa shape index (κ1) is 16.6. The van der Waals surface area contributed by atoms with Crippen molar-refractivity contribution in [2.24, 2.45) is 4.99 Å². The lowest BCUT2D eigenvalue weighted by Crippen LogP contribution is -2.04. The van der Waals surface area contributed by atoms with Crippen molar-refractivity contribution in [2.75, 3.05) is 6.54 Å². The van der Waals surface area contributed by atoms with Gasteiger partial charge in [-0.15, -0.1) is 6.58 Å². The molecule has 1 nitrogen and oxygen atoms in total. The van der Waals surface area contributed by atoms with Crippen molar-refractivity contribution in [3.05, 3.63) is 83.4 Å². The average Bonchev–Trinajstić information content (AvgIpc) is 2.54. The van der Waals surface area contributed by atoms with Crippen molar-refractivity contribution in [1.29, 1.82) is 0 Å². The van der Waals surface area contributed by atoms with Crippen LogP contribution in [-0.2, 0) is 6.18 Å². The molecule has 0 atom stereocenters. The molecule has 116 valence electrons. The van der Waals surface area contributed by atoms with Crippen molar-refractivity contribution in [1.82, 2.24) is 0 Å². The van der Waals surface area contributed by atoms with E-state index in [-0.39, 0.29) is 0 Å². The molecule has 0 spiro atoms. The molecule has 23 heavy (non-hydrogen) atoms. The van der Waals surface area contributed by atoms with E-state index < -0.39 is 11.7 Å². The topological polar surface area (TPSA) is 12.4 Å². The zero-order valence-corrected chi connectivity index (χ0v) is 12.3. The molecule has 0 amide bonds. The first-order chi connectivity index (χ1) is 11.0. The van der Waals surface area contributed by atoms with Gasteiger partial charge in [0.05, 0.1) is 12.1 Å². The van der Waals surface area contributed by atoms with Crippen LogP contribution in [0.1, 0.15) is 22.3 Å². The van der Waals surface area contributed by atoms with Gasteiger partial charge in [-0.25, -0.2) is 0 Å². The van der Waals surface area contributed by atoms with E-state index >= 15 is 0 Å². The van der Waals surface area contributed by atoms with Crippen LogP contribution in [0.15, 0.2) is 66.2 Å². The molecule has 0 saturated carbocycles. The summed E-state index contributed by atoms with van der Waals surface area (Å²) in [7, 11) is 0. The third kappa shape index (κ3) is 4.86. The van der Waals surface area contributed by atoms with Crippen LogP contribution in [0.5, 0.6) is 0 Å². The highest BCUT2D eigenvalue weighted by Gasteiger charge is 2.29. The van der Waals surface area contributed by atoms with Crippen molar-refractivity contribution < 1.29 is 13.2 Å². The molecule has 0 saturated heterocycles. The standard InChI is InChI=1S/C19H14F3N/c1-2-13-23-14-17-6-4-3-5-16(17)10-7-15-8-11-18(12-9-15)19(20,21)22/h2-6,8-9,11-12,14H,1,13H2. The minimum atomic E-state index is -4.33. The smallest absolute Gasteiger partial charge is 0.288 e.